The zero-order valence-corrected chi connectivity index (χ0v) is 11.4. The molecule has 0 rings (SSSR count). The Kier molecular flexibility index (Phi) is 11.3. The average molecular weight is 231 g/mol. The van der Waals surface area contributed by atoms with Gasteiger partial charge in [-0.25, -0.2) is 0 Å². The number of nitrogens with one attached hydrogen (secondary N) is 1. The molecule has 0 aliphatic heterocycles. The summed E-state index contributed by atoms with van der Waals surface area (Å²) < 4.78 is 10.3. The Morgan fingerprint density at radius 2 is 1.81 bits per heavy atom. The predicted molar refractivity (Wildman–Crippen MR) is 68.8 cm³/mol. The highest BCUT2D eigenvalue weighted by atomic mass is 16.5. The smallest absolute Gasteiger partial charge is 0.0700 e. The van der Waals surface area contributed by atoms with Gasteiger partial charge in [-0.1, -0.05) is 20.8 Å². The van der Waals surface area contributed by atoms with Crippen LogP contribution in [0.1, 0.15) is 40.0 Å². The van der Waals surface area contributed by atoms with Crippen LogP contribution in [0.5, 0.6) is 0 Å². The zero-order valence-electron chi connectivity index (χ0n) is 11.4. The average Bonchev–Trinajstić information content (AvgIpc) is 2.26. The molecular formula is C13H29NO2. The van der Waals surface area contributed by atoms with E-state index in [4.69, 9.17) is 9.47 Å². The minimum absolute atomic E-state index is 0.661. The molecule has 16 heavy (non-hydrogen) atoms. The molecule has 0 amide bonds. The highest BCUT2D eigenvalue weighted by molar-refractivity contribution is 4.67. The highest BCUT2D eigenvalue weighted by Gasteiger charge is 2.08. The van der Waals surface area contributed by atoms with Crippen LogP contribution < -0.4 is 5.32 Å². The van der Waals surface area contributed by atoms with Gasteiger partial charge in [-0.2, -0.15) is 0 Å². The predicted octanol–water partition coefficient (Wildman–Crippen LogP) is 2.45. The summed E-state index contributed by atoms with van der Waals surface area (Å²) >= 11 is 0. The van der Waals surface area contributed by atoms with Crippen LogP contribution in [0.25, 0.3) is 0 Å². The third kappa shape index (κ3) is 9.13. The van der Waals surface area contributed by atoms with Crippen LogP contribution in [0.4, 0.5) is 0 Å². The Hall–Kier alpha value is -0.120. The molecule has 3 nitrogen and oxygen atoms in total. The Balaban J connectivity index is 3.19. The van der Waals surface area contributed by atoms with Crippen molar-refractivity contribution in [2.24, 2.45) is 5.92 Å². The van der Waals surface area contributed by atoms with Gasteiger partial charge in [-0.3, -0.25) is 0 Å². The lowest BCUT2D eigenvalue weighted by Gasteiger charge is -2.20. The topological polar surface area (TPSA) is 30.5 Å². The lowest BCUT2D eigenvalue weighted by Crippen LogP contribution is -2.33. The maximum atomic E-state index is 5.40. The van der Waals surface area contributed by atoms with Gasteiger partial charge >= 0.3 is 0 Å². The Morgan fingerprint density at radius 3 is 2.38 bits per heavy atom. The fourth-order valence-corrected chi connectivity index (χ4v) is 1.71. The van der Waals surface area contributed by atoms with E-state index in [-0.39, 0.29) is 0 Å². The summed E-state index contributed by atoms with van der Waals surface area (Å²) in [7, 11) is 1.70. The summed E-state index contributed by atoms with van der Waals surface area (Å²) in [5, 5.41) is 3.59. The quantitative estimate of drug-likeness (QED) is 0.554. The molecule has 3 heteroatoms. The molecule has 0 aromatic heterocycles. The first-order valence-electron chi connectivity index (χ1n) is 6.52. The maximum Gasteiger partial charge on any atom is 0.0700 e. The van der Waals surface area contributed by atoms with Crippen molar-refractivity contribution in [3.63, 3.8) is 0 Å². The molecule has 0 aliphatic carbocycles. The lowest BCUT2D eigenvalue weighted by atomic mass is 10.0. The molecule has 0 saturated heterocycles. The van der Waals surface area contributed by atoms with Gasteiger partial charge in [0, 0.05) is 19.8 Å². The van der Waals surface area contributed by atoms with Crippen LogP contribution in [0.15, 0.2) is 0 Å². The fourth-order valence-electron chi connectivity index (χ4n) is 1.71. The van der Waals surface area contributed by atoms with Crippen LogP contribution in [0.2, 0.25) is 0 Å². The molecule has 1 unspecified atom stereocenters. The van der Waals surface area contributed by atoms with Crippen molar-refractivity contribution in [1.82, 2.24) is 5.32 Å². The van der Waals surface area contributed by atoms with Crippen molar-refractivity contribution < 1.29 is 9.47 Å². The van der Waals surface area contributed by atoms with Gasteiger partial charge < -0.3 is 14.8 Å². The van der Waals surface area contributed by atoms with Crippen LogP contribution in [-0.2, 0) is 9.47 Å². The molecule has 1 atom stereocenters. The number of unbranched alkanes of at least 4 members (excludes halogenated alkanes) is 1. The van der Waals surface area contributed by atoms with E-state index in [0.717, 1.165) is 25.5 Å². The van der Waals surface area contributed by atoms with E-state index in [1.54, 1.807) is 7.11 Å². The van der Waals surface area contributed by atoms with Gasteiger partial charge in [0.25, 0.3) is 0 Å². The van der Waals surface area contributed by atoms with E-state index in [9.17, 15) is 0 Å². The fraction of sp³-hybridized carbons (Fsp3) is 1.00. The lowest BCUT2D eigenvalue weighted by molar-refractivity contribution is 0.0687. The van der Waals surface area contributed by atoms with Crippen LogP contribution >= 0.6 is 0 Å². The first-order valence-corrected chi connectivity index (χ1v) is 6.52. The van der Waals surface area contributed by atoms with E-state index in [2.05, 4.69) is 26.1 Å². The molecule has 0 bridgehead atoms. The van der Waals surface area contributed by atoms with Crippen molar-refractivity contribution in [2.45, 2.75) is 46.1 Å². The standard InChI is InChI=1S/C13H29NO2/c1-5-13(12(2)3)14-8-6-7-9-16-11-10-15-4/h12-14H,5-11H2,1-4H3. The zero-order chi connectivity index (χ0) is 12.2. The highest BCUT2D eigenvalue weighted by Crippen LogP contribution is 2.05. The molecular weight excluding hydrogens is 202 g/mol. The molecule has 0 aliphatic rings. The number of methoxy groups -OCH3 is 1. The van der Waals surface area contributed by atoms with E-state index in [0.29, 0.717) is 19.3 Å². The normalized spacial score (nSPS) is 13.3. The summed E-state index contributed by atoms with van der Waals surface area (Å²) in [6.07, 6.45) is 3.53. The molecule has 0 aromatic carbocycles. The summed E-state index contributed by atoms with van der Waals surface area (Å²) in [6.45, 7) is 10.2. The first kappa shape index (κ1) is 15.9. The monoisotopic (exact) mass is 231 g/mol. The molecule has 98 valence electrons. The Bertz CT molecular complexity index is 140. The molecule has 0 aromatic rings. The summed E-state index contributed by atoms with van der Waals surface area (Å²) in [5.74, 6) is 0.725. The second-order valence-electron chi connectivity index (χ2n) is 4.53. The molecule has 0 fully saturated rings. The Morgan fingerprint density at radius 1 is 1.06 bits per heavy atom. The number of hydrogen-bond donors (Lipinski definition) is 1. The number of ether oxygens (including phenoxy) is 2. The van der Waals surface area contributed by atoms with Gasteiger partial charge in [-0.15, -0.1) is 0 Å². The third-order valence-corrected chi connectivity index (χ3v) is 2.80. The summed E-state index contributed by atoms with van der Waals surface area (Å²) in [6, 6.07) is 0.661. The molecule has 0 heterocycles. The van der Waals surface area contributed by atoms with Crippen LogP contribution in [-0.4, -0.2) is 39.5 Å². The van der Waals surface area contributed by atoms with E-state index >= 15 is 0 Å². The summed E-state index contributed by atoms with van der Waals surface area (Å²) in [4.78, 5) is 0. The van der Waals surface area contributed by atoms with Crippen LogP contribution in [0, 0.1) is 5.92 Å². The SMILES string of the molecule is CCC(NCCCCOCCOC)C(C)C. The first-order chi connectivity index (χ1) is 7.72. The van der Waals surface area contributed by atoms with Crippen molar-refractivity contribution in [3.05, 3.63) is 0 Å². The van der Waals surface area contributed by atoms with Crippen molar-refractivity contribution in [2.75, 3.05) is 33.5 Å². The van der Waals surface area contributed by atoms with E-state index in [1.807, 2.05) is 0 Å². The summed E-state index contributed by atoms with van der Waals surface area (Å²) in [5.41, 5.74) is 0. The number of hydrogen-bond acceptors (Lipinski definition) is 3. The van der Waals surface area contributed by atoms with Crippen LogP contribution in [0.3, 0.4) is 0 Å². The second-order valence-corrected chi connectivity index (χ2v) is 4.53. The second kappa shape index (κ2) is 11.4. The van der Waals surface area contributed by atoms with E-state index in [1.165, 1.54) is 12.8 Å². The van der Waals surface area contributed by atoms with Gasteiger partial charge in [0.15, 0.2) is 0 Å². The van der Waals surface area contributed by atoms with Gasteiger partial charge in [0.1, 0.15) is 0 Å². The molecule has 0 spiro atoms. The van der Waals surface area contributed by atoms with E-state index < -0.39 is 0 Å². The third-order valence-electron chi connectivity index (χ3n) is 2.80. The Labute approximate surface area is 101 Å². The minimum atomic E-state index is 0.661. The largest absolute Gasteiger partial charge is 0.382 e. The molecule has 0 saturated carbocycles. The minimum Gasteiger partial charge on any atom is -0.382 e. The molecule has 1 N–H and O–H groups in total. The van der Waals surface area contributed by atoms with Crippen molar-refractivity contribution >= 4 is 0 Å². The van der Waals surface area contributed by atoms with Gasteiger partial charge in [0.2, 0.25) is 0 Å². The molecule has 0 radical (unpaired) electrons. The van der Waals surface area contributed by atoms with Crippen molar-refractivity contribution in [1.29, 1.82) is 0 Å². The number of rotatable bonds is 11. The van der Waals surface area contributed by atoms with Gasteiger partial charge in [0.05, 0.1) is 13.2 Å². The van der Waals surface area contributed by atoms with Gasteiger partial charge in [-0.05, 0) is 31.7 Å². The maximum absolute atomic E-state index is 5.40. The van der Waals surface area contributed by atoms with Crippen molar-refractivity contribution in [3.8, 4) is 0 Å².